The van der Waals surface area contributed by atoms with Gasteiger partial charge in [-0.1, -0.05) is 36.8 Å². The molecule has 1 N–H and O–H groups in total. The van der Waals surface area contributed by atoms with Crippen molar-refractivity contribution in [1.29, 1.82) is 0 Å². The van der Waals surface area contributed by atoms with Gasteiger partial charge in [-0.25, -0.2) is 0 Å². The van der Waals surface area contributed by atoms with Crippen LogP contribution in [-0.2, 0) is 9.59 Å². The number of amides is 2. The van der Waals surface area contributed by atoms with Gasteiger partial charge in [-0.05, 0) is 37.8 Å². The van der Waals surface area contributed by atoms with Gasteiger partial charge >= 0.3 is 0 Å². The number of β-amino-alcohol motifs (C(OH)–C–C–N with tert-alkyl or cyclic N) is 1. The third kappa shape index (κ3) is 4.10. The molecule has 3 atom stereocenters. The summed E-state index contributed by atoms with van der Waals surface area (Å²) in [5.74, 6) is 0.191. The minimum absolute atomic E-state index is 0.114. The molecule has 25 heavy (non-hydrogen) atoms. The van der Waals surface area contributed by atoms with Crippen molar-refractivity contribution in [3.05, 3.63) is 35.4 Å². The molecule has 5 heteroatoms. The van der Waals surface area contributed by atoms with E-state index in [9.17, 15) is 14.7 Å². The SMILES string of the molecule is Cc1ccc([C@@H]2[C@@H](C)CCCN2C[C@H](O)CN2C(=O)CCC2=O)cc1. The molecule has 0 aromatic heterocycles. The average molecular weight is 344 g/mol. The monoisotopic (exact) mass is 344 g/mol. The van der Waals surface area contributed by atoms with Gasteiger partial charge in [-0.2, -0.15) is 0 Å². The lowest BCUT2D eigenvalue weighted by molar-refractivity contribution is -0.140. The molecule has 0 spiro atoms. The Bertz CT molecular complexity index is 612. The number of nitrogens with zero attached hydrogens (tertiary/aromatic N) is 2. The quantitative estimate of drug-likeness (QED) is 0.833. The molecular formula is C20H28N2O3. The Hall–Kier alpha value is -1.72. The number of rotatable bonds is 5. The summed E-state index contributed by atoms with van der Waals surface area (Å²) in [6.45, 7) is 5.88. The third-order valence-electron chi connectivity index (χ3n) is 5.45. The first-order valence-corrected chi connectivity index (χ1v) is 9.27. The zero-order chi connectivity index (χ0) is 18.0. The van der Waals surface area contributed by atoms with Crippen LogP contribution in [0.15, 0.2) is 24.3 Å². The largest absolute Gasteiger partial charge is 0.390 e. The molecule has 136 valence electrons. The highest BCUT2D eigenvalue weighted by atomic mass is 16.3. The van der Waals surface area contributed by atoms with Gasteiger partial charge in [0, 0.05) is 25.4 Å². The molecule has 2 heterocycles. The van der Waals surface area contributed by atoms with Crippen molar-refractivity contribution in [2.24, 2.45) is 5.92 Å². The standard InChI is InChI=1S/C20H28N2O3/c1-14-5-7-16(8-6-14)20-15(2)4-3-11-21(20)12-17(23)13-22-18(24)9-10-19(22)25/h5-8,15,17,20,23H,3-4,9-13H2,1-2H3/t15-,17-,20-/m0/s1. The summed E-state index contributed by atoms with van der Waals surface area (Å²) in [6.07, 6.45) is 2.13. The number of piperidine rings is 1. The van der Waals surface area contributed by atoms with E-state index >= 15 is 0 Å². The van der Waals surface area contributed by atoms with Crippen LogP contribution < -0.4 is 0 Å². The summed E-state index contributed by atoms with van der Waals surface area (Å²) in [7, 11) is 0. The summed E-state index contributed by atoms with van der Waals surface area (Å²) in [5.41, 5.74) is 2.52. The maximum Gasteiger partial charge on any atom is 0.229 e. The van der Waals surface area contributed by atoms with Crippen LogP contribution in [0.1, 0.15) is 49.8 Å². The number of aliphatic hydroxyl groups is 1. The summed E-state index contributed by atoms with van der Waals surface area (Å²) in [5, 5.41) is 10.5. The summed E-state index contributed by atoms with van der Waals surface area (Å²) in [4.78, 5) is 27.1. The smallest absolute Gasteiger partial charge is 0.229 e. The van der Waals surface area contributed by atoms with Crippen LogP contribution in [0.3, 0.4) is 0 Å². The van der Waals surface area contributed by atoms with Gasteiger partial charge in [0.15, 0.2) is 0 Å². The first-order chi connectivity index (χ1) is 12.0. The van der Waals surface area contributed by atoms with Crippen LogP contribution in [0.2, 0.25) is 0 Å². The van der Waals surface area contributed by atoms with E-state index < -0.39 is 6.10 Å². The maximum atomic E-state index is 11.8. The van der Waals surface area contributed by atoms with Gasteiger partial charge in [0.25, 0.3) is 0 Å². The van der Waals surface area contributed by atoms with Crippen LogP contribution in [-0.4, -0.2) is 52.5 Å². The average Bonchev–Trinajstić information content (AvgIpc) is 2.88. The van der Waals surface area contributed by atoms with E-state index in [4.69, 9.17) is 0 Å². The van der Waals surface area contributed by atoms with Gasteiger partial charge in [0.2, 0.25) is 11.8 Å². The van der Waals surface area contributed by atoms with Crippen LogP contribution in [0.4, 0.5) is 0 Å². The minimum Gasteiger partial charge on any atom is -0.390 e. The first kappa shape index (κ1) is 18.1. The number of aliphatic hydroxyl groups excluding tert-OH is 1. The highest BCUT2D eigenvalue weighted by Gasteiger charge is 2.34. The number of benzene rings is 1. The predicted octanol–water partition coefficient (Wildman–Crippen LogP) is 2.28. The molecule has 2 fully saturated rings. The Balaban J connectivity index is 1.69. The Morgan fingerprint density at radius 2 is 1.76 bits per heavy atom. The molecule has 0 bridgehead atoms. The molecule has 5 nitrogen and oxygen atoms in total. The molecule has 3 rings (SSSR count). The third-order valence-corrected chi connectivity index (χ3v) is 5.45. The van der Waals surface area contributed by atoms with E-state index in [1.807, 2.05) is 0 Å². The summed E-state index contributed by atoms with van der Waals surface area (Å²) < 4.78 is 0. The fourth-order valence-corrected chi connectivity index (χ4v) is 4.15. The van der Waals surface area contributed by atoms with E-state index in [1.54, 1.807) is 0 Å². The summed E-state index contributed by atoms with van der Waals surface area (Å²) >= 11 is 0. The van der Waals surface area contributed by atoms with E-state index in [1.165, 1.54) is 22.4 Å². The van der Waals surface area contributed by atoms with Gasteiger partial charge in [0.05, 0.1) is 12.6 Å². The van der Waals surface area contributed by atoms with E-state index in [2.05, 4.69) is 43.0 Å². The molecular weight excluding hydrogens is 316 g/mol. The normalized spacial score (nSPS) is 26.3. The molecule has 2 aliphatic heterocycles. The highest BCUT2D eigenvalue weighted by Crippen LogP contribution is 2.36. The lowest BCUT2D eigenvalue weighted by Gasteiger charge is -2.41. The maximum absolute atomic E-state index is 11.8. The van der Waals surface area contributed by atoms with Gasteiger partial charge in [-0.3, -0.25) is 19.4 Å². The van der Waals surface area contributed by atoms with Gasteiger partial charge in [-0.15, -0.1) is 0 Å². The molecule has 2 aliphatic rings. The van der Waals surface area contributed by atoms with Crippen molar-refractivity contribution >= 4 is 11.8 Å². The zero-order valence-corrected chi connectivity index (χ0v) is 15.1. The molecule has 0 unspecified atom stereocenters. The lowest BCUT2D eigenvalue weighted by atomic mass is 9.85. The number of aryl methyl sites for hydroxylation is 1. The first-order valence-electron chi connectivity index (χ1n) is 9.27. The van der Waals surface area contributed by atoms with Crippen LogP contribution in [0, 0.1) is 12.8 Å². The van der Waals surface area contributed by atoms with Crippen molar-refractivity contribution in [3.63, 3.8) is 0 Å². The van der Waals surface area contributed by atoms with Crippen molar-refractivity contribution in [2.75, 3.05) is 19.6 Å². The Labute approximate surface area is 149 Å². The molecule has 2 amide bonds. The summed E-state index contributed by atoms with van der Waals surface area (Å²) in [6, 6.07) is 8.89. The predicted molar refractivity (Wildman–Crippen MR) is 95.9 cm³/mol. The van der Waals surface area contributed by atoms with Gasteiger partial charge in [0.1, 0.15) is 0 Å². The number of carbonyl (C=O) groups is 2. The van der Waals surface area contributed by atoms with Gasteiger partial charge < -0.3 is 5.11 Å². The number of hydrogen-bond acceptors (Lipinski definition) is 4. The lowest BCUT2D eigenvalue weighted by Crippen LogP contribution is -2.46. The van der Waals surface area contributed by atoms with E-state index in [0.717, 1.165) is 13.0 Å². The molecule has 0 aliphatic carbocycles. The molecule has 0 saturated carbocycles. The fourth-order valence-electron chi connectivity index (χ4n) is 4.15. The molecule has 0 radical (unpaired) electrons. The van der Waals surface area contributed by atoms with Crippen molar-refractivity contribution < 1.29 is 14.7 Å². The number of imide groups is 1. The zero-order valence-electron chi connectivity index (χ0n) is 15.1. The molecule has 1 aromatic carbocycles. The Morgan fingerprint density at radius 1 is 1.12 bits per heavy atom. The second-order valence-corrected chi connectivity index (χ2v) is 7.52. The fraction of sp³-hybridized carbons (Fsp3) is 0.600. The molecule has 1 aromatic rings. The molecule has 2 saturated heterocycles. The number of carbonyl (C=O) groups excluding carboxylic acids is 2. The second-order valence-electron chi connectivity index (χ2n) is 7.52. The highest BCUT2D eigenvalue weighted by molar-refractivity contribution is 6.01. The minimum atomic E-state index is -0.704. The topological polar surface area (TPSA) is 60.9 Å². The Kier molecular flexibility index (Phi) is 5.54. The van der Waals surface area contributed by atoms with Crippen molar-refractivity contribution in [1.82, 2.24) is 9.80 Å². The second kappa shape index (κ2) is 7.67. The van der Waals surface area contributed by atoms with Crippen LogP contribution >= 0.6 is 0 Å². The van der Waals surface area contributed by atoms with Crippen LogP contribution in [0.5, 0.6) is 0 Å². The van der Waals surface area contributed by atoms with E-state index in [0.29, 0.717) is 12.5 Å². The van der Waals surface area contributed by atoms with Crippen molar-refractivity contribution in [2.45, 2.75) is 51.7 Å². The van der Waals surface area contributed by atoms with Crippen LogP contribution in [0.25, 0.3) is 0 Å². The van der Waals surface area contributed by atoms with E-state index in [-0.39, 0.29) is 37.2 Å². The number of likely N-dealkylation sites (tertiary alicyclic amines) is 2. The number of hydrogen-bond donors (Lipinski definition) is 1. The Morgan fingerprint density at radius 3 is 2.40 bits per heavy atom. The van der Waals surface area contributed by atoms with Crippen molar-refractivity contribution in [3.8, 4) is 0 Å².